The molecule has 94 valence electrons. The van der Waals surface area contributed by atoms with Gasteiger partial charge >= 0.3 is 0 Å². The van der Waals surface area contributed by atoms with Gasteiger partial charge in [0.1, 0.15) is 5.60 Å². The fourth-order valence-electron chi connectivity index (χ4n) is 2.94. The van der Waals surface area contributed by atoms with Gasteiger partial charge in [0.25, 0.3) is 0 Å². The molecule has 1 aliphatic heterocycles. The Morgan fingerprint density at radius 2 is 1.65 bits per heavy atom. The maximum Gasteiger partial charge on any atom is 0.225 e. The second-order valence-electron chi connectivity index (χ2n) is 4.78. The van der Waals surface area contributed by atoms with E-state index in [2.05, 4.69) is 26.0 Å². The van der Waals surface area contributed by atoms with Crippen molar-refractivity contribution in [2.24, 2.45) is 0 Å². The van der Waals surface area contributed by atoms with E-state index in [0.29, 0.717) is 0 Å². The number of hydrogen-bond donors (Lipinski definition) is 0. The topological polar surface area (TPSA) is 21.8 Å². The highest BCUT2D eigenvalue weighted by Crippen LogP contribution is 2.61. The van der Waals surface area contributed by atoms with Gasteiger partial charge in [0.15, 0.2) is 0 Å². The van der Waals surface area contributed by atoms with E-state index in [-0.39, 0.29) is 5.60 Å². The molecule has 0 N–H and O–H groups in total. The Morgan fingerprint density at radius 3 is 2.12 bits per heavy atom. The number of benzene rings is 1. The highest BCUT2D eigenvalue weighted by Gasteiger charge is 2.70. The second-order valence-corrected chi connectivity index (χ2v) is 4.78. The lowest BCUT2D eigenvalue weighted by molar-refractivity contribution is -0.0152. The molecule has 2 nitrogen and oxygen atoms in total. The summed E-state index contributed by atoms with van der Waals surface area (Å²) in [6, 6.07) is 10.3. The largest absolute Gasteiger partial charge is 0.347 e. The van der Waals surface area contributed by atoms with Gasteiger partial charge < -0.3 is 9.47 Å². The lowest BCUT2D eigenvalue weighted by Gasteiger charge is -2.18. The Kier molecular flexibility index (Phi) is 3.55. The molecule has 1 heterocycles. The van der Waals surface area contributed by atoms with Gasteiger partial charge in [-0.1, -0.05) is 57.0 Å². The molecule has 0 aromatic heterocycles. The average Bonchev–Trinajstić information content (AvgIpc) is 3.00. The number of hydrogen-bond acceptors (Lipinski definition) is 2. The molecule has 1 aromatic carbocycles. The standard InChI is InChI=1S/C15H22O2/c1-4-11-14(12-5-2)15(16-3,17-14)13-9-7-6-8-10-13/h6-10H,4-5,11-12H2,1-3H3. The van der Waals surface area contributed by atoms with E-state index in [0.717, 1.165) is 31.2 Å². The fourth-order valence-corrected chi connectivity index (χ4v) is 2.94. The van der Waals surface area contributed by atoms with E-state index < -0.39 is 5.79 Å². The zero-order valence-corrected chi connectivity index (χ0v) is 11.0. The monoisotopic (exact) mass is 234 g/mol. The van der Waals surface area contributed by atoms with E-state index in [1.165, 1.54) is 0 Å². The maximum absolute atomic E-state index is 6.09. The molecule has 2 rings (SSSR count). The molecule has 17 heavy (non-hydrogen) atoms. The Hall–Kier alpha value is -0.860. The van der Waals surface area contributed by atoms with Crippen molar-refractivity contribution in [3.63, 3.8) is 0 Å². The summed E-state index contributed by atoms with van der Waals surface area (Å²) in [5.41, 5.74) is 1.04. The molecule has 1 atom stereocenters. The van der Waals surface area contributed by atoms with Crippen molar-refractivity contribution in [1.82, 2.24) is 0 Å². The molecule has 0 spiro atoms. The number of epoxide rings is 1. The van der Waals surface area contributed by atoms with Crippen LogP contribution in [-0.4, -0.2) is 12.7 Å². The smallest absolute Gasteiger partial charge is 0.225 e. The Morgan fingerprint density at radius 1 is 1.06 bits per heavy atom. The van der Waals surface area contributed by atoms with E-state index >= 15 is 0 Å². The average molecular weight is 234 g/mol. The van der Waals surface area contributed by atoms with Crippen molar-refractivity contribution < 1.29 is 9.47 Å². The Labute approximate surface area is 104 Å². The Balaban J connectivity index is 2.29. The predicted molar refractivity (Wildman–Crippen MR) is 68.8 cm³/mol. The van der Waals surface area contributed by atoms with E-state index in [1.807, 2.05) is 18.2 Å². The predicted octanol–water partition coefficient (Wildman–Crippen LogP) is 3.86. The van der Waals surface area contributed by atoms with Gasteiger partial charge in [-0.15, -0.1) is 0 Å². The highest BCUT2D eigenvalue weighted by molar-refractivity contribution is 5.30. The fraction of sp³-hybridized carbons (Fsp3) is 0.600. The molecule has 1 unspecified atom stereocenters. The van der Waals surface area contributed by atoms with Crippen molar-refractivity contribution in [2.75, 3.05) is 7.11 Å². The minimum absolute atomic E-state index is 0.105. The lowest BCUT2D eigenvalue weighted by atomic mass is 9.88. The number of ether oxygens (including phenoxy) is 2. The minimum atomic E-state index is -0.500. The van der Waals surface area contributed by atoms with E-state index in [4.69, 9.17) is 9.47 Å². The third-order valence-corrected chi connectivity index (χ3v) is 3.65. The second kappa shape index (κ2) is 4.79. The van der Waals surface area contributed by atoms with Crippen LogP contribution in [0.25, 0.3) is 0 Å². The third kappa shape index (κ3) is 1.90. The van der Waals surface area contributed by atoms with E-state index in [1.54, 1.807) is 7.11 Å². The quantitative estimate of drug-likeness (QED) is 0.697. The molecule has 0 amide bonds. The summed E-state index contributed by atoms with van der Waals surface area (Å²) in [5, 5.41) is 0. The van der Waals surface area contributed by atoms with E-state index in [9.17, 15) is 0 Å². The van der Waals surface area contributed by atoms with Crippen molar-refractivity contribution in [2.45, 2.75) is 50.9 Å². The molecule has 1 aliphatic rings. The number of methoxy groups -OCH3 is 1. The molecule has 1 saturated heterocycles. The first-order chi connectivity index (χ1) is 8.24. The summed E-state index contributed by atoms with van der Waals surface area (Å²) in [4.78, 5) is 0. The van der Waals surface area contributed by atoms with Crippen LogP contribution in [0.3, 0.4) is 0 Å². The van der Waals surface area contributed by atoms with Crippen LogP contribution in [0.15, 0.2) is 30.3 Å². The molecule has 1 fully saturated rings. The van der Waals surface area contributed by atoms with Gasteiger partial charge in [-0.2, -0.15) is 0 Å². The number of rotatable bonds is 6. The maximum atomic E-state index is 6.09. The van der Waals surface area contributed by atoms with Crippen molar-refractivity contribution in [3.8, 4) is 0 Å². The van der Waals surface area contributed by atoms with Crippen LogP contribution in [0.2, 0.25) is 0 Å². The molecule has 0 aliphatic carbocycles. The van der Waals surface area contributed by atoms with Crippen LogP contribution in [0.5, 0.6) is 0 Å². The van der Waals surface area contributed by atoms with Crippen LogP contribution < -0.4 is 0 Å². The molecule has 1 aromatic rings. The van der Waals surface area contributed by atoms with Gasteiger partial charge in [0.2, 0.25) is 5.79 Å². The van der Waals surface area contributed by atoms with Gasteiger partial charge in [-0.05, 0) is 12.8 Å². The van der Waals surface area contributed by atoms with Gasteiger partial charge in [0, 0.05) is 12.7 Å². The summed E-state index contributed by atoms with van der Waals surface area (Å²) < 4.78 is 11.8. The first-order valence-electron chi connectivity index (χ1n) is 6.55. The van der Waals surface area contributed by atoms with Crippen molar-refractivity contribution in [1.29, 1.82) is 0 Å². The normalized spacial score (nSPS) is 25.8. The molecular weight excluding hydrogens is 212 g/mol. The first-order valence-corrected chi connectivity index (χ1v) is 6.55. The molecule has 0 bridgehead atoms. The summed E-state index contributed by atoms with van der Waals surface area (Å²) >= 11 is 0. The van der Waals surface area contributed by atoms with Crippen LogP contribution in [0.4, 0.5) is 0 Å². The van der Waals surface area contributed by atoms with Crippen LogP contribution in [0, 0.1) is 0 Å². The first kappa shape index (κ1) is 12.6. The summed E-state index contributed by atoms with van der Waals surface area (Å²) in [6.45, 7) is 4.40. The molecular formula is C15H22O2. The minimum Gasteiger partial charge on any atom is -0.347 e. The highest BCUT2D eigenvalue weighted by atomic mass is 16.8. The van der Waals surface area contributed by atoms with Gasteiger partial charge in [-0.25, -0.2) is 0 Å². The molecule has 2 heteroatoms. The SMILES string of the molecule is CCCC1(CCC)OC1(OC)c1ccccc1. The molecule has 0 radical (unpaired) electrons. The summed E-state index contributed by atoms with van der Waals surface area (Å²) in [5.74, 6) is -0.500. The van der Waals surface area contributed by atoms with Crippen molar-refractivity contribution >= 4 is 0 Å². The zero-order valence-electron chi connectivity index (χ0n) is 11.0. The summed E-state index contributed by atoms with van der Waals surface area (Å²) in [6.07, 6.45) is 4.36. The van der Waals surface area contributed by atoms with Crippen LogP contribution in [0.1, 0.15) is 45.1 Å². The lowest BCUT2D eigenvalue weighted by Crippen LogP contribution is -2.26. The molecule has 0 saturated carbocycles. The Bertz CT molecular complexity index is 354. The zero-order chi connectivity index (χ0) is 12.4. The van der Waals surface area contributed by atoms with Gasteiger partial charge in [-0.3, -0.25) is 0 Å². The van der Waals surface area contributed by atoms with Gasteiger partial charge in [0.05, 0.1) is 0 Å². The van der Waals surface area contributed by atoms with Crippen LogP contribution in [-0.2, 0) is 15.3 Å². The van der Waals surface area contributed by atoms with Crippen LogP contribution >= 0.6 is 0 Å². The van der Waals surface area contributed by atoms with Crippen molar-refractivity contribution in [3.05, 3.63) is 35.9 Å². The third-order valence-electron chi connectivity index (χ3n) is 3.65. The summed E-state index contributed by atoms with van der Waals surface area (Å²) in [7, 11) is 1.75.